The highest BCUT2D eigenvalue weighted by molar-refractivity contribution is 9.10. The minimum absolute atomic E-state index is 0.217. The van der Waals surface area contributed by atoms with E-state index in [1.807, 2.05) is 6.92 Å². The molecule has 0 aromatic heterocycles. The maximum atomic E-state index is 11.9. The minimum Gasteiger partial charge on any atom is -0.493 e. The SMILES string of the molecule is CCOc1cc(Br)c(/C=C2/NC(=O)N(C)C2=O)cc1OC. The molecule has 2 rings (SSSR count). The number of carbonyl (C=O) groups is 2. The number of rotatable bonds is 4. The number of nitrogens with zero attached hydrogens (tertiary/aromatic N) is 1. The summed E-state index contributed by atoms with van der Waals surface area (Å²) >= 11 is 3.42. The molecule has 3 amide bonds. The van der Waals surface area contributed by atoms with Gasteiger partial charge in [0.05, 0.1) is 13.7 Å². The Morgan fingerprint density at radius 2 is 2.05 bits per heavy atom. The topological polar surface area (TPSA) is 67.9 Å². The first-order chi connectivity index (χ1) is 9.97. The number of likely N-dealkylation sites (N-methyl/N-ethyl adjacent to an activating group) is 1. The fourth-order valence-electron chi connectivity index (χ4n) is 1.87. The molecule has 0 spiro atoms. The van der Waals surface area contributed by atoms with Crippen LogP contribution in [0.3, 0.4) is 0 Å². The fourth-order valence-corrected chi connectivity index (χ4v) is 2.30. The lowest BCUT2D eigenvalue weighted by atomic mass is 10.1. The number of hydrogen-bond acceptors (Lipinski definition) is 4. The van der Waals surface area contributed by atoms with Crippen LogP contribution in [0.5, 0.6) is 11.5 Å². The minimum atomic E-state index is -0.444. The van der Waals surface area contributed by atoms with Crippen LogP contribution in [-0.2, 0) is 4.79 Å². The van der Waals surface area contributed by atoms with Crippen molar-refractivity contribution in [3.63, 3.8) is 0 Å². The van der Waals surface area contributed by atoms with Gasteiger partial charge in [-0.05, 0) is 30.7 Å². The second kappa shape index (κ2) is 6.17. The lowest BCUT2D eigenvalue weighted by Gasteiger charge is -2.11. The fraction of sp³-hybridized carbons (Fsp3) is 0.286. The molecule has 0 atom stereocenters. The quantitative estimate of drug-likeness (QED) is 0.665. The highest BCUT2D eigenvalue weighted by Crippen LogP contribution is 2.34. The molecule has 1 aliphatic rings. The summed E-state index contributed by atoms with van der Waals surface area (Å²) in [6, 6.07) is 3.06. The summed E-state index contributed by atoms with van der Waals surface area (Å²) < 4.78 is 11.5. The van der Waals surface area contributed by atoms with Crippen molar-refractivity contribution in [2.24, 2.45) is 0 Å². The molecule has 0 aliphatic carbocycles. The van der Waals surface area contributed by atoms with Gasteiger partial charge in [0.15, 0.2) is 11.5 Å². The number of benzene rings is 1. The summed E-state index contributed by atoms with van der Waals surface area (Å²) in [5.41, 5.74) is 0.920. The summed E-state index contributed by atoms with van der Waals surface area (Å²) in [6.07, 6.45) is 1.59. The van der Waals surface area contributed by atoms with Gasteiger partial charge < -0.3 is 14.8 Å². The van der Waals surface area contributed by atoms with Crippen molar-refractivity contribution in [3.05, 3.63) is 27.9 Å². The van der Waals surface area contributed by atoms with Crippen LogP contribution in [0, 0.1) is 0 Å². The molecule has 1 aromatic carbocycles. The number of urea groups is 1. The Bertz CT molecular complexity index is 628. The van der Waals surface area contributed by atoms with E-state index in [-0.39, 0.29) is 11.6 Å². The zero-order valence-corrected chi connectivity index (χ0v) is 13.5. The second-order valence-corrected chi connectivity index (χ2v) is 5.16. The normalized spacial score (nSPS) is 16.4. The Balaban J connectivity index is 2.41. The standard InChI is InChI=1S/C14H15BrN2O4/c1-4-21-12-7-9(15)8(6-11(12)20-3)5-10-13(18)17(2)14(19)16-10/h5-7H,4H2,1-3H3,(H,16,19)/b10-5+. The molecule has 7 heteroatoms. The third kappa shape index (κ3) is 3.02. The number of nitrogens with one attached hydrogen (secondary N) is 1. The molecule has 1 aliphatic heterocycles. The molecule has 0 bridgehead atoms. The van der Waals surface area contributed by atoms with Gasteiger partial charge in [0, 0.05) is 11.5 Å². The van der Waals surface area contributed by atoms with Crippen LogP contribution in [0.4, 0.5) is 4.79 Å². The zero-order chi connectivity index (χ0) is 15.6. The monoisotopic (exact) mass is 354 g/mol. The van der Waals surface area contributed by atoms with Crippen molar-refractivity contribution in [1.82, 2.24) is 10.2 Å². The van der Waals surface area contributed by atoms with Gasteiger partial charge in [-0.1, -0.05) is 15.9 Å². The van der Waals surface area contributed by atoms with Gasteiger partial charge >= 0.3 is 6.03 Å². The summed E-state index contributed by atoms with van der Waals surface area (Å²) in [5, 5.41) is 2.51. The Hall–Kier alpha value is -2.02. The van der Waals surface area contributed by atoms with Crippen LogP contribution in [0.25, 0.3) is 6.08 Å². The molecule has 6 nitrogen and oxygen atoms in total. The predicted octanol–water partition coefficient (Wildman–Crippen LogP) is 2.38. The van der Waals surface area contributed by atoms with Crippen LogP contribution in [0.15, 0.2) is 22.3 Å². The van der Waals surface area contributed by atoms with E-state index in [1.54, 1.807) is 25.3 Å². The number of amides is 3. The Kier molecular flexibility index (Phi) is 4.52. The summed E-state index contributed by atoms with van der Waals surface area (Å²) in [6.45, 7) is 2.40. The number of hydrogen-bond donors (Lipinski definition) is 1. The largest absolute Gasteiger partial charge is 0.493 e. The van der Waals surface area contributed by atoms with E-state index >= 15 is 0 Å². The summed E-state index contributed by atoms with van der Waals surface area (Å²) in [4.78, 5) is 24.3. The van der Waals surface area contributed by atoms with Gasteiger partial charge in [-0.2, -0.15) is 0 Å². The molecule has 1 saturated heterocycles. The molecule has 1 aromatic rings. The number of carbonyl (C=O) groups excluding carboxylic acids is 2. The molecule has 0 saturated carbocycles. The van der Waals surface area contributed by atoms with E-state index < -0.39 is 6.03 Å². The molecular weight excluding hydrogens is 340 g/mol. The van der Waals surface area contributed by atoms with Crippen LogP contribution >= 0.6 is 15.9 Å². The smallest absolute Gasteiger partial charge is 0.328 e. The number of halogens is 1. The van der Waals surface area contributed by atoms with Gasteiger partial charge in [-0.15, -0.1) is 0 Å². The molecule has 0 radical (unpaired) electrons. The van der Waals surface area contributed by atoms with E-state index in [1.165, 1.54) is 7.05 Å². The zero-order valence-electron chi connectivity index (χ0n) is 11.9. The molecule has 0 unspecified atom stereocenters. The van der Waals surface area contributed by atoms with E-state index in [4.69, 9.17) is 9.47 Å². The van der Waals surface area contributed by atoms with Crippen molar-refractivity contribution < 1.29 is 19.1 Å². The first kappa shape index (κ1) is 15.4. The first-order valence-corrected chi connectivity index (χ1v) is 7.08. The third-order valence-electron chi connectivity index (χ3n) is 2.96. The highest BCUT2D eigenvalue weighted by Gasteiger charge is 2.30. The van der Waals surface area contributed by atoms with Crippen LogP contribution in [0.1, 0.15) is 12.5 Å². The second-order valence-electron chi connectivity index (χ2n) is 4.31. The van der Waals surface area contributed by atoms with Crippen molar-refractivity contribution in [3.8, 4) is 11.5 Å². The summed E-state index contributed by atoms with van der Waals surface area (Å²) in [7, 11) is 2.96. The average Bonchev–Trinajstić information content (AvgIpc) is 2.69. The van der Waals surface area contributed by atoms with E-state index in [0.717, 1.165) is 9.37 Å². The molecule has 1 heterocycles. The predicted molar refractivity (Wildman–Crippen MR) is 81.1 cm³/mol. The van der Waals surface area contributed by atoms with Crippen molar-refractivity contribution in [2.75, 3.05) is 20.8 Å². The third-order valence-corrected chi connectivity index (χ3v) is 3.65. The van der Waals surface area contributed by atoms with Crippen LogP contribution in [0.2, 0.25) is 0 Å². The van der Waals surface area contributed by atoms with Crippen LogP contribution in [-0.4, -0.2) is 37.6 Å². The Morgan fingerprint density at radius 3 is 2.57 bits per heavy atom. The van der Waals surface area contributed by atoms with Gasteiger partial charge in [0.25, 0.3) is 5.91 Å². The van der Waals surface area contributed by atoms with Crippen molar-refractivity contribution in [1.29, 1.82) is 0 Å². The maximum absolute atomic E-state index is 11.9. The van der Waals surface area contributed by atoms with Crippen molar-refractivity contribution >= 4 is 33.9 Å². The lowest BCUT2D eigenvalue weighted by Crippen LogP contribution is -2.25. The highest BCUT2D eigenvalue weighted by atomic mass is 79.9. The van der Waals surface area contributed by atoms with E-state index in [9.17, 15) is 9.59 Å². The number of methoxy groups -OCH3 is 1. The van der Waals surface area contributed by atoms with Gasteiger partial charge in [0.1, 0.15) is 5.70 Å². The van der Waals surface area contributed by atoms with Crippen LogP contribution < -0.4 is 14.8 Å². The molecular formula is C14H15BrN2O4. The lowest BCUT2D eigenvalue weighted by molar-refractivity contribution is -0.121. The van der Waals surface area contributed by atoms with Gasteiger partial charge in [-0.3, -0.25) is 9.69 Å². The maximum Gasteiger partial charge on any atom is 0.328 e. The van der Waals surface area contributed by atoms with Gasteiger partial charge in [-0.25, -0.2) is 4.79 Å². The average molecular weight is 355 g/mol. The van der Waals surface area contributed by atoms with E-state index in [2.05, 4.69) is 21.2 Å². The summed E-state index contributed by atoms with van der Waals surface area (Å²) in [5.74, 6) is 0.782. The van der Waals surface area contributed by atoms with Gasteiger partial charge in [0.2, 0.25) is 0 Å². The number of ether oxygens (including phenoxy) is 2. The number of imide groups is 1. The molecule has 21 heavy (non-hydrogen) atoms. The molecule has 112 valence electrons. The Morgan fingerprint density at radius 1 is 1.33 bits per heavy atom. The Labute approximate surface area is 130 Å². The molecule has 1 N–H and O–H groups in total. The first-order valence-electron chi connectivity index (χ1n) is 6.29. The molecule has 1 fully saturated rings. The van der Waals surface area contributed by atoms with E-state index in [0.29, 0.717) is 23.7 Å². The van der Waals surface area contributed by atoms with Crippen molar-refractivity contribution in [2.45, 2.75) is 6.92 Å².